The lowest BCUT2D eigenvalue weighted by atomic mass is 9.46. The standard InChI is InChI=1S/C23H35NO3/c1-21-7-4-16(25)13-20(21)15(14-27-11-10-24)12-17-18(21)5-8-22(2)19(17)6-9-23(22,3)26/h13-14,17-19,26H,4-12,24H2,1-3H3/t17-,18+,19+,21-,22+,23+/m1/s1. The molecule has 3 N–H and O–H groups in total. The van der Waals surface area contributed by atoms with Crippen molar-refractivity contribution in [1.29, 1.82) is 0 Å². The Balaban J connectivity index is 1.74. The number of ether oxygens (including phenoxy) is 1. The molecule has 0 aromatic rings. The van der Waals surface area contributed by atoms with Gasteiger partial charge < -0.3 is 15.6 Å². The van der Waals surface area contributed by atoms with Gasteiger partial charge in [0.2, 0.25) is 0 Å². The molecular formula is C23H35NO3. The molecule has 0 heterocycles. The van der Waals surface area contributed by atoms with Crippen LogP contribution in [0.5, 0.6) is 0 Å². The summed E-state index contributed by atoms with van der Waals surface area (Å²) in [6.07, 6.45) is 10.6. The molecule has 0 bridgehead atoms. The maximum absolute atomic E-state index is 12.2. The molecule has 0 aromatic heterocycles. The Morgan fingerprint density at radius 3 is 2.70 bits per heavy atom. The Labute approximate surface area is 163 Å². The second-order valence-corrected chi connectivity index (χ2v) is 10.1. The Morgan fingerprint density at radius 2 is 1.96 bits per heavy atom. The third-order valence-electron chi connectivity index (χ3n) is 8.89. The largest absolute Gasteiger partial charge is 0.500 e. The third-order valence-corrected chi connectivity index (χ3v) is 8.89. The first-order valence-electron chi connectivity index (χ1n) is 10.7. The third kappa shape index (κ3) is 2.74. The normalized spacial score (nSPS) is 47.9. The lowest BCUT2D eigenvalue weighted by Gasteiger charge is -2.59. The highest BCUT2D eigenvalue weighted by molar-refractivity contribution is 5.92. The van der Waals surface area contributed by atoms with Gasteiger partial charge in [0, 0.05) is 13.0 Å². The Bertz CT molecular complexity index is 694. The molecule has 0 aromatic carbocycles. The predicted molar refractivity (Wildman–Crippen MR) is 106 cm³/mol. The molecule has 4 nitrogen and oxygen atoms in total. The minimum atomic E-state index is -0.567. The summed E-state index contributed by atoms with van der Waals surface area (Å²) in [6, 6.07) is 0. The summed E-state index contributed by atoms with van der Waals surface area (Å²) in [4.78, 5) is 12.2. The molecule has 27 heavy (non-hydrogen) atoms. The van der Waals surface area contributed by atoms with E-state index < -0.39 is 5.60 Å². The van der Waals surface area contributed by atoms with Crippen LogP contribution in [0.15, 0.2) is 23.5 Å². The molecule has 0 radical (unpaired) electrons. The molecule has 3 fully saturated rings. The fourth-order valence-corrected chi connectivity index (χ4v) is 7.07. The Morgan fingerprint density at radius 1 is 1.22 bits per heavy atom. The van der Waals surface area contributed by atoms with E-state index in [2.05, 4.69) is 13.8 Å². The average Bonchev–Trinajstić information content (AvgIpc) is 2.86. The number of hydrogen-bond acceptors (Lipinski definition) is 4. The van der Waals surface area contributed by atoms with E-state index in [4.69, 9.17) is 10.5 Å². The zero-order chi connectivity index (χ0) is 19.4. The van der Waals surface area contributed by atoms with E-state index in [1.165, 1.54) is 11.1 Å². The van der Waals surface area contributed by atoms with Crippen molar-refractivity contribution in [2.24, 2.45) is 34.3 Å². The fraction of sp³-hybridized carbons (Fsp3) is 0.783. The van der Waals surface area contributed by atoms with Crippen LogP contribution >= 0.6 is 0 Å². The zero-order valence-corrected chi connectivity index (χ0v) is 17.1. The summed E-state index contributed by atoms with van der Waals surface area (Å²) < 4.78 is 5.72. The van der Waals surface area contributed by atoms with Gasteiger partial charge in [-0.15, -0.1) is 0 Å². The first-order valence-corrected chi connectivity index (χ1v) is 10.7. The summed E-state index contributed by atoms with van der Waals surface area (Å²) in [5.41, 5.74) is 7.48. The van der Waals surface area contributed by atoms with E-state index >= 15 is 0 Å². The molecular weight excluding hydrogens is 338 g/mol. The predicted octanol–water partition coefficient (Wildman–Crippen LogP) is 3.74. The van der Waals surface area contributed by atoms with Crippen molar-refractivity contribution in [1.82, 2.24) is 0 Å². The second-order valence-electron chi connectivity index (χ2n) is 10.1. The average molecular weight is 374 g/mol. The Kier molecular flexibility index (Phi) is 4.59. The maximum atomic E-state index is 12.2. The molecule has 0 amide bonds. The molecule has 150 valence electrons. The van der Waals surface area contributed by atoms with Crippen LogP contribution in [0.3, 0.4) is 0 Å². The van der Waals surface area contributed by atoms with E-state index in [-0.39, 0.29) is 16.6 Å². The van der Waals surface area contributed by atoms with Crippen LogP contribution in [0, 0.1) is 28.6 Å². The van der Waals surface area contributed by atoms with Gasteiger partial charge >= 0.3 is 0 Å². The van der Waals surface area contributed by atoms with Crippen molar-refractivity contribution in [3.63, 3.8) is 0 Å². The van der Waals surface area contributed by atoms with E-state index in [1.54, 1.807) is 0 Å². The second kappa shape index (κ2) is 6.45. The van der Waals surface area contributed by atoms with Gasteiger partial charge in [-0.3, -0.25) is 4.79 Å². The first-order chi connectivity index (χ1) is 12.7. The monoisotopic (exact) mass is 373 g/mol. The van der Waals surface area contributed by atoms with E-state index in [1.807, 2.05) is 19.3 Å². The van der Waals surface area contributed by atoms with Crippen LogP contribution in [0.2, 0.25) is 0 Å². The van der Waals surface area contributed by atoms with Crippen LogP contribution in [-0.4, -0.2) is 29.6 Å². The van der Waals surface area contributed by atoms with Crippen molar-refractivity contribution in [2.75, 3.05) is 13.2 Å². The summed E-state index contributed by atoms with van der Waals surface area (Å²) in [5, 5.41) is 11.1. The number of ketones is 1. The van der Waals surface area contributed by atoms with Gasteiger partial charge in [0.25, 0.3) is 0 Å². The summed E-state index contributed by atoms with van der Waals surface area (Å²) in [6.45, 7) is 7.73. The van der Waals surface area contributed by atoms with Gasteiger partial charge in [0.05, 0.1) is 18.5 Å². The topological polar surface area (TPSA) is 72.5 Å². The van der Waals surface area contributed by atoms with E-state index in [0.717, 1.165) is 38.5 Å². The van der Waals surface area contributed by atoms with Gasteiger partial charge in [-0.25, -0.2) is 0 Å². The van der Waals surface area contributed by atoms with E-state index in [0.29, 0.717) is 37.3 Å². The van der Waals surface area contributed by atoms with Crippen molar-refractivity contribution in [3.8, 4) is 0 Å². The van der Waals surface area contributed by atoms with Gasteiger partial charge in [-0.05, 0) is 91.3 Å². The molecule has 0 unspecified atom stereocenters. The van der Waals surface area contributed by atoms with Crippen LogP contribution in [0.25, 0.3) is 0 Å². The summed E-state index contributed by atoms with van der Waals surface area (Å²) >= 11 is 0. The van der Waals surface area contributed by atoms with Crippen molar-refractivity contribution in [2.45, 2.75) is 71.3 Å². The Hall–Kier alpha value is -1.13. The number of nitrogens with two attached hydrogens (primary N) is 1. The van der Waals surface area contributed by atoms with Gasteiger partial charge in [0.1, 0.15) is 0 Å². The molecule has 4 aliphatic rings. The van der Waals surface area contributed by atoms with Crippen LogP contribution in [-0.2, 0) is 9.53 Å². The molecule has 6 atom stereocenters. The first kappa shape index (κ1) is 19.2. The fourth-order valence-electron chi connectivity index (χ4n) is 7.07. The highest BCUT2D eigenvalue weighted by atomic mass is 16.5. The number of aliphatic hydroxyl groups is 1. The number of fused-ring (bicyclic) bond motifs is 5. The smallest absolute Gasteiger partial charge is 0.156 e. The molecule has 0 spiro atoms. The molecule has 4 aliphatic carbocycles. The van der Waals surface area contributed by atoms with Crippen LogP contribution in [0.1, 0.15) is 65.7 Å². The number of allylic oxidation sites excluding steroid dienone is 2. The number of carbonyl (C=O) groups excluding carboxylic acids is 1. The lowest BCUT2D eigenvalue weighted by molar-refractivity contribution is -0.121. The molecule has 0 saturated heterocycles. The lowest BCUT2D eigenvalue weighted by Crippen LogP contribution is -2.54. The van der Waals surface area contributed by atoms with Crippen molar-refractivity contribution < 1.29 is 14.6 Å². The number of hydrogen-bond donors (Lipinski definition) is 2. The van der Waals surface area contributed by atoms with E-state index in [9.17, 15) is 9.90 Å². The van der Waals surface area contributed by atoms with Gasteiger partial charge in [-0.1, -0.05) is 13.8 Å². The number of rotatable bonds is 3. The quantitative estimate of drug-likeness (QED) is 0.584. The highest BCUT2D eigenvalue weighted by Crippen LogP contribution is 2.68. The number of carbonyl (C=O) groups is 1. The van der Waals surface area contributed by atoms with Gasteiger partial charge in [0.15, 0.2) is 5.78 Å². The van der Waals surface area contributed by atoms with Crippen LogP contribution in [0.4, 0.5) is 0 Å². The maximum Gasteiger partial charge on any atom is 0.156 e. The molecule has 4 heteroatoms. The zero-order valence-electron chi connectivity index (χ0n) is 17.1. The van der Waals surface area contributed by atoms with Crippen molar-refractivity contribution >= 4 is 5.78 Å². The summed E-state index contributed by atoms with van der Waals surface area (Å²) in [7, 11) is 0. The molecule has 3 saturated carbocycles. The van der Waals surface area contributed by atoms with Crippen molar-refractivity contribution in [3.05, 3.63) is 23.5 Å². The summed E-state index contributed by atoms with van der Waals surface area (Å²) in [5.74, 6) is 1.94. The van der Waals surface area contributed by atoms with Crippen LogP contribution < -0.4 is 5.73 Å². The van der Waals surface area contributed by atoms with Gasteiger partial charge in [-0.2, -0.15) is 0 Å². The highest BCUT2D eigenvalue weighted by Gasteiger charge is 2.63. The minimum Gasteiger partial charge on any atom is -0.500 e. The minimum absolute atomic E-state index is 0.000539. The molecule has 4 rings (SSSR count). The molecule has 0 aliphatic heterocycles. The SMILES string of the molecule is C[C@]12CCC(=O)C=C1C(=COCCN)C[C@@H]1[C@@H]2CC[C@@]2(C)[C@H]1CC[C@]2(C)O.